The van der Waals surface area contributed by atoms with Crippen molar-refractivity contribution in [3.8, 4) is 0 Å². The molecule has 0 saturated heterocycles. The highest BCUT2D eigenvalue weighted by molar-refractivity contribution is 5.66. The minimum absolute atomic E-state index is 0.340. The van der Waals surface area contributed by atoms with Gasteiger partial charge in [0.15, 0.2) is 0 Å². The highest BCUT2D eigenvalue weighted by atomic mass is 16.4. The number of hydrogen-bond acceptors (Lipinski definition) is 2. The Hall–Kier alpha value is -1.32. The third-order valence-electron chi connectivity index (χ3n) is 6.23. The zero-order valence-corrected chi connectivity index (χ0v) is 20.0. The average molecular weight is 421 g/mol. The predicted molar refractivity (Wildman–Crippen MR) is 127 cm³/mol. The minimum Gasteiger partial charge on any atom is -0.481 e. The lowest BCUT2D eigenvalue weighted by Gasteiger charge is -2.04. The summed E-state index contributed by atoms with van der Waals surface area (Å²) in [6.45, 7) is 2.07. The van der Waals surface area contributed by atoms with E-state index in [1.165, 1.54) is 108 Å². The van der Waals surface area contributed by atoms with E-state index >= 15 is 0 Å². The molecule has 0 saturated carbocycles. The highest BCUT2D eigenvalue weighted by Gasteiger charge is 2.01. The van der Waals surface area contributed by atoms with Crippen molar-refractivity contribution in [1.82, 2.24) is 9.55 Å². The van der Waals surface area contributed by atoms with E-state index in [-0.39, 0.29) is 0 Å². The number of carbonyl (C=O) groups is 1. The van der Waals surface area contributed by atoms with Crippen molar-refractivity contribution >= 4 is 5.97 Å². The Bertz CT molecular complexity index is 520. The lowest BCUT2D eigenvalue weighted by Crippen LogP contribution is -1.93. The van der Waals surface area contributed by atoms with Gasteiger partial charge in [0, 0.05) is 19.7 Å². The van der Waals surface area contributed by atoms with Crippen molar-refractivity contribution in [1.29, 1.82) is 0 Å². The summed E-state index contributed by atoms with van der Waals surface area (Å²) in [5.74, 6) is 0.462. The number of nitrogens with zero attached hydrogens (tertiary/aromatic N) is 2. The smallest absolute Gasteiger partial charge is 0.303 e. The van der Waals surface area contributed by atoms with Gasteiger partial charge in [-0.3, -0.25) is 4.79 Å². The van der Waals surface area contributed by atoms with Crippen LogP contribution in [0.3, 0.4) is 0 Å². The van der Waals surface area contributed by atoms with Gasteiger partial charge in [-0.2, -0.15) is 0 Å². The first kappa shape index (κ1) is 26.7. The Morgan fingerprint density at radius 2 is 1.10 bits per heavy atom. The minimum atomic E-state index is -0.655. The molecule has 1 aromatic rings. The van der Waals surface area contributed by atoms with Crippen molar-refractivity contribution in [2.75, 3.05) is 0 Å². The topological polar surface area (TPSA) is 55.1 Å². The summed E-state index contributed by atoms with van der Waals surface area (Å²) in [7, 11) is 2.07. The van der Waals surface area contributed by atoms with E-state index in [0.29, 0.717) is 6.42 Å². The van der Waals surface area contributed by atoms with Crippen LogP contribution in [-0.4, -0.2) is 20.6 Å². The molecule has 0 aromatic carbocycles. The molecule has 1 heterocycles. The molecule has 4 heteroatoms. The van der Waals surface area contributed by atoms with Crippen LogP contribution < -0.4 is 0 Å². The molecule has 0 spiro atoms. The first-order valence-electron chi connectivity index (χ1n) is 12.8. The molecule has 0 bridgehead atoms. The van der Waals surface area contributed by atoms with Crippen molar-refractivity contribution in [2.24, 2.45) is 7.05 Å². The molecule has 0 atom stereocenters. The van der Waals surface area contributed by atoms with Gasteiger partial charge in [0.2, 0.25) is 0 Å². The van der Waals surface area contributed by atoms with Gasteiger partial charge in [-0.1, -0.05) is 103 Å². The van der Waals surface area contributed by atoms with Gasteiger partial charge < -0.3 is 9.67 Å². The molecule has 174 valence electrons. The van der Waals surface area contributed by atoms with Crippen LogP contribution in [0.15, 0.2) is 6.20 Å². The van der Waals surface area contributed by atoms with Gasteiger partial charge in [-0.05, 0) is 26.2 Å². The fraction of sp³-hybridized carbons (Fsp3) is 0.846. The van der Waals surface area contributed by atoms with E-state index in [9.17, 15) is 4.79 Å². The standard InChI is InChI=1S/C26H48N2O2/c1-24-27-25(23-28(24)2)21-19-17-15-13-11-9-7-5-3-4-6-8-10-12-14-16-18-20-22-26(29)30/h23H,3-22H2,1-2H3,(H,29,30). The highest BCUT2D eigenvalue weighted by Crippen LogP contribution is 2.15. The molecule has 4 nitrogen and oxygen atoms in total. The van der Waals surface area contributed by atoms with Crippen LogP contribution in [0.5, 0.6) is 0 Å². The molecular weight excluding hydrogens is 372 g/mol. The molecular formula is C26H48N2O2. The van der Waals surface area contributed by atoms with E-state index in [1.54, 1.807) is 0 Å². The van der Waals surface area contributed by atoms with Crippen LogP contribution in [0.4, 0.5) is 0 Å². The number of aryl methyl sites for hydroxylation is 3. The lowest BCUT2D eigenvalue weighted by molar-refractivity contribution is -0.137. The summed E-state index contributed by atoms with van der Waals surface area (Å²) in [5, 5.41) is 8.59. The zero-order chi connectivity index (χ0) is 21.9. The van der Waals surface area contributed by atoms with Gasteiger partial charge in [-0.15, -0.1) is 0 Å². The summed E-state index contributed by atoms with van der Waals surface area (Å²) >= 11 is 0. The molecule has 1 N–H and O–H groups in total. The van der Waals surface area contributed by atoms with E-state index in [2.05, 4.69) is 29.7 Å². The fourth-order valence-corrected chi connectivity index (χ4v) is 4.16. The molecule has 0 aliphatic carbocycles. The molecule has 0 aliphatic rings. The Balaban J connectivity index is 1.70. The van der Waals surface area contributed by atoms with Crippen LogP contribution in [-0.2, 0) is 18.3 Å². The van der Waals surface area contributed by atoms with E-state index in [0.717, 1.165) is 25.1 Å². The molecule has 0 radical (unpaired) electrons. The number of carboxylic acid groups (broad SMARTS) is 1. The van der Waals surface area contributed by atoms with Gasteiger partial charge >= 0.3 is 5.97 Å². The van der Waals surface area contributed by atoms with Crippen molar-refractivity contribution in [2.45, 2.75) is 135 Å². The summed E-state index contributed by atoms with van der Waals surface area (Å²) in [4.78, 5) is 15.0. The van der Waals surface area contributed by atoms with Gasteiger partial charge in [-0.25, -0.2) is 4.98 Å². The first-order valence-corrected chi connectivity index (χ1v) is 12.8. The number of rotatable bonds is 21. The molecule has 30 heavy (non-hydrogen) atoms. The second kappa shape index (κ2) is 18.4. The zero-order valence-electron chi connectivity index (χ0n) is 20.0. The largest absolute Gasteiger partial charge is 0.481 e. The quantitative estimate of drug-likeness (QED) is 0.207. The Labute approximate surface area is 185 Å². The van der Waals surface area contributed by atoms with E-state index < -0.39 is 5.97 Å². The third-order valence-corrected chi connectivity index (χ3v) is 6.23. The molecule has 0 amide bonds. The normalized spacial score (nSPS) is 11.3. The Morgan fingerprint density at radius 3 is 1.43 bits per heavy atom. The maximum atomic E-state index is 10.4. The molecule has 1 aromatic heterocycles. The maximum absolute atomic E-state index is 10.4. The summed E-state index contributed by atoms with van der Waals surface area (Å²) in [6.07, 6.45) is 27.4. The number of imidazole rings is 1. The number of carboxylic acids is 1. The van der Waals surface area contributed by atoms with E-state index in [1.807, 2.05) is 0 Å². The van der Waals surface area contributed by atoms with Gasteiger partial charge in [0.1, 0.15) is 5.82 Å². The van der Waals surface area contributed by atoms with E-state index in [4.69, 9.17) is 5.11 Å². The Morgan fingerprint density at radius 1 is 0.733 bits per heavy atom. The van der Waals surface area contributed by atoms with Crippen LogP contribution in [0.1, 0.15) is 134 Å². The maximum Gasteiger partial charge on any atom is 0.303 e. The van der Waals surface area contributed by atoms with Gasteiger partial charge in [0.25, 0.3) is 0 Å². The second-order valence-corrected chi connectivity index (χ2v) is 9.15. The lowest BCUT2D eigenvalue weighted by atomic mass is 10.0. The second-order valence-electron chi connectivity index (χ2n) is 9.15. The van der Waals surface area contributed by atoms with Crippen molar-refractivity contribution < 1.29 is 9.90 Å². The summed E-state index contributed by atoms with van der Waals surface area (Å²) in [5.41, 5.74) is 1.25. The van der Waals surface area contributed by atoms with Crippen molar-refractivity contribution in [3.63, 3.8) is 0 Å². The number of aliphatic carboxylic acids is 1. The molecule has 0 aliphatic heterocycles. The van der Waals surface area contributed by atoms with Gasteiger partial charge in [0.05, 0.1) is 5.69 Å². The number of unbranched alkanes of at least 4 members (excludes halogenated alkanes) is 17. The molecule has 0 fully saturated rings. The fourth-order valence-electron chi connectivity index (χ4n) is 4.16. The monoisotopic (exact) mass is 420 g/mol. The first-order chi connectivity index (χ1) is 14.6. The summed E-state index contributed by atoms with van der Waals surface area (Å²) < 4.78 is 2.12. The van der Waals surface area contributed by atoms with Crippen LogP contribution in [0, 0.1) is 6.92 Å². The predicted octanol–water partition coefficient (Wildman–Crippen LogP) is 7.77. The third kappa shape index (κ3) is 15.5. The average Bonchev–Trinajstić information content (AvgIpc) is 3.03. The molecule has 0 unspecified atom stereocenters. The SMILES string of the molecule is Cc1nc(CCCCCCCCCCCCCCCCCCCCC(=O)O)cn1C. The van der Waals surface area contributed by atoms with Crippen LogP contribution in [0.25, 0.3) is 0 Å². The summed E-state index contributed by atoms with van der Waals surface area (Å²) in [6, 6.07) is 0. The van der Waals surface area contributed by atoms with Crippen LogP contribution in [0.2, 0.25) is 0 Å². The van der Waals surface area contributed by atoms with Crippen LogP contribution >= 0.6 is 0 Å². The Kier molecular flexibility index (Phi) is 16.4. The number of hydrogen-bond donors (Lipinski definition) is 1. The number of aromatic nitrogens is 2. The molecule has 1 rings (SSSR count). The van der Waals surface area contributed by atoms with Crippen molar-refractivity contribution in [3.05, 3.63) is 17.7 Å².